The van der Waals surface area contributed by atoms with E-state index >= 15 is 0 Å². The molecule has 0 spiro atoms. The fraction of sp³-hybridized carbons (Fsp3) is 0.722. The Morgan fingerprint density at radius 2 is 1.79 bits per heavy atom. The number of esters is 1. The number of likely N-dealkylation sites (tertiary alicyclic amines) is 1. The van der Waals surface area contributed by atoms with E-state index in [9.17, 15) is 14.4 Å². The molecule has 6 heteroatoms. The molecule has 1 aliphatic heterocycles. The van der Waals surface area contributed by atoms with Crippen LogP contribution in [0.15, 0.2) is 11.1 Å². The molecule has 0 unspecified atom stereocenters. The molecule has 1 saturated carbocycles. The Labute approximate surface area is 143 Å². The topological polar surface area (TPSA) is 72.9 Å². The number of ether oxygens (including phenoxy) is 2. The smallest absolute Gasteiger partial charge is 0.418 e. The predicted octanol–water partition coefficient (Wildman–Crippen LogP) is 3.35. The second-order valence-corrected chi connectivity index (χ2v) is 7.27. The lowest BCUT2D eigenvalue weighted by atomic mass is 9.90. The molecule has 6 nitrogen and oxygen atoms in total. The van der Waals surface area contributed by atoms with Gasteiger partial charge >= 0.3 is 12.1 Å². The number of rotatable bonds is 2. The molecule has 1 atom stereocenters. The Morgan fingerprint density at radius 1 is 1.17 bits per heavy atom. The van der Waals surface area contributed by atoms with E-state index in [1.54, 1.807) is 27.7 Å². The summed E-state index contributed by atoms with van der Waals surface area (Å²) in [6, 6.07) is -0.920. The third-order valence-corrected chi connectivity index (χ3v) is 4.22. The van der Waals surface area contributed by atoms with Gasteiger partial charge in [0.25, 0.3) is 5.91 Å². The number of hydrogen-bond donors (Lipinski definition) is 0. The Bertz CT molecular complexity index is 550. The first-order chi connectivity index (χ1) is 11.2. The zero-order chi connectivity index (χ0) is 17.9. The lowest BCUT2D eigenvalue weighted by Gasteiger charge is -2.26. The third-order valence-electron chi connectivity index (χ3n) is 4.22. The van der Waals surface area contributed by atoms with Gasteiger partial charge in [0, 0.05) is 12.0 Å². The van der Waals surface area contributed by atoms with Crippen LogP contribution in [0.2, 0.25) is 0 Å². The van der Waals surface area contributed by atoms with Crippen LogP contribution in [0.5, 0.6) is 0 Å². The van der Waals surface area contributed by atoms with Crippen LogP contribution >= 0.6 is 0 Å². The van der Waals surface area contributed by atoms with Crippen molar-refractivity contribution in [3.05, 3.63) is 11.1 Å². The molecule has 134 valence electrons. The molecule has 0 aromatic heterocycles. The summed E-state index contributed by atoms with van der Waals surface area (Å²) in [5, 5.41) is 0. The van der Waals surface area contributed by atoms with E-state index in [2.05, 4.69) is 0 Å². The van der Waals surface area contributed by atoms with Gasteiger partial charge in [-0.15, -0.1) is 0 Å². The van der Waals surface area contributed by atoms with Gasteiger partial charge in [0.05, 0.1) is 6.61 Å². The molecule has 0 radical (unpaired) electrons. The van der Waals surface area contributed by atoms with Gasteiger partial charge in [0.2, 0.25) is 0 Å². The number of imide groups is 1. The number of carbonyl (C=O) groups excluding carboxylic acids is 3. The van der Waals surface area contributed by atoms with Crippen molar-refractivity contribution in [1.29, 1.82) is 0 Å². The van der Waals surface area contributed by atoms with Crippen LogP contribution in [0, 0.1) is 0 Å². The average molecular weight is 337 g/mol. The molecule has 24 heavy (non-hydrogen) atoms. The Hall–Kier alpha value is -1.85. The van der Waals surface area contributed by atoms with Crippen molar-refractivity contribution >= 4 is 18.0 Å². The van der Waals surface area contributed by atoms with E-state index in [1.807, 2.05) is 0 Å². The van der Waals surface area contributed by atoms with Crippen molar-refractivity contribution < 1.29 is 23.9 Å². The first-order valence-corrected chi connectivity index (χ1v) is 8.68. The highest BCUT2D eigenvalue weighted by molar-refractivity contribution is 6.09. The highest BCUT2D eigenvalue weighted by atomic mass is 16.6. The molecular weight excluding hydrogens is 310 g/mol. The fourth-order valence-corrected chi connectivity index (χ4v) is 3.18. The van der Waals surface area contributed by atoms with Crippen molar-refractivity contribution in [3.8, 4) is 0 Å². The minimum Gasteiger partial charge on any atom is -0.464 e. The minimum atomic E-state index is -0.920. The Kier molecular flexibility index (Phi) is 5.67. The van der Waals surface area contributed by atoms with Crippen molar-refractivity contribution in [2.75, 3.05) is 6.61 Å². The number of nitrogens with zero attached hydrogens (tertiary/aromatic N) is 1. The monoisotopic (exact) mass is 337 g/mol. The maximum atomic E-state index is 12.8. The van der Waals surface area contributed by atoms with Gasteiger partial charge in [-0.05, 0) is 53.4 Å². The molecule has 1 aliphatic carbocycles. The van der Waals surface area contributed by atoms with E-state index in [4.69, 9.17) is 9.47 Å². The van der Waals surface area contributed by atoms with Gasteiger partial charge in [-0.25, -0.2) is 14.5 Å². The van der Waals surface area contributed by atoms with Gasteiger partial charge in [-0.3, -0.25) is 4.79 Å². The van der Waals surface area contributed by atoms with Crippen molar-refractivity contribution in [1.82, 2.24) is 4.90 Å². The molecular formula is C18H27NO5. The van der Waals surface area contributed by atoms with Crippen LogP contribution in [-0.4, -0.2) is 41.1 Å². The Morgan fingerprint density at radius 3 is 2.33 bits per heavy atom. The third kappa shape index (κ3) is 4.16. The molecule has 0 aromatic carbocycles. The van der Waals surface area contributed by atoms with E-state index in [0.29, 0.717) is 5.57 Å². The van der Waals surface area contributed by atoms with Crippen LogP contribution in [0.3, 0.4) is 0 Å². The highest BCUT2D eigenvalue weighted by Crippen LogP contribution is 2.35. The lowest BCUT2D eigenvalue weighted by Crippen LogP contribution is -2.46. The van der Waals surface area contributed by atoms with E-state index < -0.39 is 29.6 Å². The second kappa shape index (κ2) is 7.36. The summed E-state index contributed by atoms with van der Waals surface area (Å²) in [5.74, 6) is -0.956. The molecule has 2 rings (SSSR count). The van der Waals surface area contributed by atoms with Crippen molar-refractivity contribution in [2.24, 2.45) is 0 Å². The maximum Gasteiger partial charge on any atom is 0.418 e. The molecule has 0 aromatic rings. The second-order valence-electron chi connectivity index (χ2n) is 7.27. The normalized spacial score (nSPS) is 21.9. The number of allylic oxidation sites excluding steroid dienone is 1. The summed E-state index contributed by atoms with van der Waals surface area (Å²) in [7, 11) is 0. The summed E-state index contributed by atoms with van der Waals surface area (Å²) in [6.07, 6.45) is 4.41. The van der Waals surface area contributed by atoms with E-state index in [-0.39, 0.29) is 13.0 Å². The van der Waals surface area contributed by atoms with Crippen LogP contribution in [-0.2, 0) is 19.1 Å². The van der Waals surface area contributed by atoms with Crippen molar-refractivity contribution in [2.45, 2.75) is 77.9 Å². The quantitative estimate of drug-likeness (QED) is 0.571. The molecule has 0 bridgehead atoms. The summed E-state index contributed by atoms with van der Waals surface area (Å²) in [6.45, 7) is 7.09. The lowest BCUT2D eigenvalue weighted by molar-refractivity contribution is -0.150. The average Bonchev–Trinajstić information content (AvgIpc) is 2.84. The van der Waals surface area contributed by atoms with Gasteiger partial charge in [-0.1, -0.05) is 12.0 Å². The number of carbonyl (C=O) groups is 3. The molecule has 1 saturated heterocycles. The SMILES string of the molecule is CCOC(=O)[C@@H]1CC(=C2CCCCC2)C(=O)N1C(=O)OC(C)(C)C. The maximum absolute atomic E-state index is 12.8. The highest BCUT2D eigenvalue weighted by Gasteiger charge is 2.47. The molecule has 2 fully saturated rings. The first-order valence-electron chi connectivity index (χ1n) is 8.68. The van der Waals surface area contributed by atoms with Crippen LogP contribution in [0.4, 0.5) is 4.79 Å². The molecule has 1 heterocycles. The zero-order valence-corrected chi connectivity index (χ0v) is 15.0. The van der Waals surface area contributed by atoms with Gasteiger partial charge in [0.15, 0.2) is 0 Å². The number of hydrogen-bond acceptors (Lipinski definition) is 5. The summed E-state index contributed by atoms with van der Waals surface area (Å²) < 4.78 is 10.4. The van der Waals surface area contributed by atoms with Crippen molar-refractivity contribution in [3.63, 3.8) is 0 Å². The fourth-order valence-electron chi connectivity index (χ4n) is 3.18. The minimum absolute atomic E-state index is 0.206. The van der Waals surface area contributed by atoms with E-state index in [0.717, 1.165) is 42.6 Å². The van der Waals surface area contributed by atoms with Crippen LogP contribution < -0.4 is 0 Å². The van der Waals surface area contributed by atoms with Gasteiger partial charge in [-0.2, -0.15) is 0 Å². The summed E-state index contributed by atoms with van der Waals surface area (Å²) in [4.78, 5) is 38.5. The first kappa shape index (κ1) is 18.5. The summed E-state index contributed by atoms with van der Waals surface area (Å²) in [5.41, 5.74) is 0.933. The van der Waals surface area contributed by atoms with Gasteiger partial charge in [0.1, 0.15) is 11.6 Å². The summed E-state index contributed by atoms with van der Waals surface area (Å²) >= 11 is 0. The molecule has 2 amide bonds. The molecule has 2 aliphatic rings. The largest absolute Gasteiger partial charge is 0.464 e. The van der Waals surface area contributed by atoms with E-state index in [1.165, 1.54) is 0 Å². The number of amides is 2. The molecule has 0 N–H and O–H groups in total. The Balaban J connectivity index is 2.31. The predicted molar refractivity (Wildman–Crippen MR) is 88.2 cm³/mol. The van der Waals surface area contributed by atoms with Crippen LogP contribution in [0.1, 0.15) is 66.2 Å². The standard InChI is InChI=1S/C18H27NO5/c1-5-23-16(21)14-11-13(12-9-7-6-8-10-12)15(20)19(14)17(22)24-18(2,3)4/h14H,5-11H2,1-4H3/t14-/m0/s1. The van der Waals surface area contributed by atoms with Crippen LogP contribution in [0.25, 0.3) is 0 Å². The zero-order valence-electron chi connectivity index (χ0n) is 15.0. The van der Waals surface area contributed by atoms with Gasteiger partial charge < -0.3 is 9.47 Å².